The first-order valence-corrected chi connectivity index (χ1v) is 36.1. The number of nitrogens with two attached hydrogens (primary N) is 6. The van der Waals surface area contributed by atoms with E-state index in [0.717, 1.165) is 35.1 Å². The van der Waals surface area contributed by atoms with Gasteiger partial charge < -0.3 is 78.9 Å². The molecule has 1 saturated carbocycles. The van der Waals surface area contributed by atoms with Crippen molar-refractivity contribution in [3.63, 3.8) is 0 Å². The van der Waals surface area contributed by atoms with Gasteiger partial charge in [0.1, 0.15) is 51.2 Å². The molecule has 46 nitrogen and oxygen atoms in total. The number of hydrogen-bond acceptors (Lipinski definition) is 23. The molecule has 4 aliphatic heterocycles. The van der Waals surface area contributed by atoms with Crippen LogP contribution in [0.25, 0.3) is 4.85 Å². The average Bonchev–Trinajstić information content (AvgIpc) is 1.62. The first kappa shape index (κ1) is 111. The second kappa shape index (κ2) is 46.3. The molecular formula is C77H118F3N33O13. The molecular weight excluding hydrogens is 1650 g/mol. The second-order valence-electron chi connectivity index (χ2n) is 27.5. The number of likely N-dealkylation sites (N-methyl/N-ethyl adjacent to an activating group) is 4. The molecule has 0 radical (unpaired) electrons. The lowest BCUT2D eigenvalue weighted by Crippen LogP contribution is -2.35. The molecule has 690 valence electrons. The topological polar surface area (TPSA) is 596 Å². The smallest absolute Gasteiger partial charge is 0.381 e. The number of halogens is 3. The zero-order valence-corrected chi connectivity index (χ0v) is 69.2. The summed E-state index contributed by atoms with van der Waals surface area (Å²) in [6.45, 7) is 11.6. The first-order valence-electron chi connectivity index (χ1n) is 36.1. The summed E-state index contributed by atoms with van der Waals surface area (Å²) < 4.78 is 48.6. The van der Waals surface area contributed by atoms with Crippen LogP contribution in [-0.4, -0.2) is 297 Å². The zero-order valence-electron chi connectivity index (χ0n) is 69.2. The fraction of sp³-hybridized carbons (Fsp3) is 0.481. The number of aryl methyl sites for hydroxylation is 8. The van der Waals surface area contributed by atoms with Gasteiger partial charge in [-0.2, -0.15) is 63.8 Å². The minimum Gasteiger partial charge on any atom is -0.381 e. The fourth-order valence-electron chi connectivity index (χ4n) is 12.0. The van der Waals surface area contributed by atoms with Crippen LogP contribution < -0.4 is 39.7 Å². The minimum atomic E-state index is -4.50. The van der Waals surface area contributed by atoms with Crippen molar-refractivity contribution in [3.05, 3.63) is 143 Å². The Labute approximate surface area is 727 Å². The summed E-state index contributed by atoms with van der Waals surface area (Å²) in [5, 5.41) is 41.7. The highest BCUT2D eigenvalue weighted by Gasteiger charge is 2.42. The summed E-state index contributed by atoms with van der Waals surface area (Å²) in [5.74, 6) is -4.18. The number of amides is 13. The van der Waals surface area contributed by atoms with E-state index in [0.29, 0.717) is 109 Å². The SMILES string of the molecule is C.C.C.C.C.C.CCN(C)C(=O)c1cc(C(N)=O)nn1C.CN(C(=O)c1cc(C(N)=O)nn1C)C1CC1.CN(C)C(=O)c1cc(C(N)=O)nn1C.CN1CCc2c(C(F)(F)F)nn(C)c2C1=O.CN1CCc2c(C(N)=NC#N)nn(C)c2C1=O.CN1CCc2c(C(N)=O)nn(C)c2C1=O.CNC(=O)c1cc(C(N)=O)nn1C.[C-]#[N+]c1nn(C)c2c1CCN(C)C2=O. The van der Waals surface area contributed by atoms with Crippen LogP contribution in [0.15, 0.2) is 29.3 Å². The Kier molecular flexibility index (Phi) is 40.8. The summed E-state index contributed by atoms with van der Waals surface area (Å²) in [6, 6.07) is 5.89. The molecule has 0 bridgehead atoms. The molecule has 8 aromatic heterocycles. The first-order chi connectivity index (χ1) is 56.0. The summed E-state index contributed by atoms with van der Waals surface area (Å²) in [7, 11) is 27.7. The third-order valence-electron chi connectivity index (χ3n) is 18.9. The van der Waals surface area contributed by atoms with Crippen LogP contribution in [0.2, 0.25) is 0 Å². The van der Waals surface area contributed by atoms with Crippen molar-refractivity contribution in [1.82, 2.24) is 118 Å². The largest absolute Gasteiger partial charge is 0.435 e. The van der Waals surface area contributed by atoms with Crippen molar-refractivity contribution in [1.29, 1.82) is 5.26 Å². The number of carbonyl (C=O) groups excluding carboxylic acids is 13. The number of fused-ring (bicyclic) bond motifs is 4. The van der Waals surface area contributed by atoms with E-state index in [1.807, 2.05) is 6.92 Å². The zero-order chi connectivity index (χ0) is 90.5. The highest BCUT2D eigenvalue weighted by molar-refractivity contribution is 6.04. The van der Waals surface area contributed by atoms with Crippen molar-refractivity contribution in [3.8, 4) is 6.19 Å². The van der Waals surface area contributed by atoms with Gasteiger partial charge in [-0.1, -0.05) is 51.1 Å². The molecule has 0 aromatic carbocycles. The van der Waals surface area contributed by atoms with E-state index in [1.54, 1.807) is 132 Å². The normalized spacial score (nSPS) is 12.9. The van der Waals surface area contributed by atoms with E-state index in [4.69, 9.17) is 46.2 Å². The van der Waals surface area contributed by atoms with Gasteiger partial charge in [0.25, 0.3) is 82.6 Å². The molecule has 13 amide bonds. The van der Waals surface area contributed by atoms with Gasteiger partial charge in [-0.05, 0) is 50.5 Å². The van der Waals surface area contributed by atoms with Crippen molar-refractivity contribution >= 4 is 88.4 Å². The van der Waals surface area contributed by atoms with Gasteiger partial charge in [-0.15, -0.1) is 0 Å². The van der Waals surface area contributed by atoms with E-state index in [9.17, 15) is 75.5 Å². The number of nitrogens with zero attached hydrogens (tertiary/aromatic N) is 26. The monoisotopic (exact) mass is 1770 g/mol. The maximum absolute atomic E-state index is 12.6. The Hall–Kier alpha value is -15.0. The molecule has 13 rings (SSSR count). The van der Waals surface area contributed by atoms with Gasteiger partial charge in [-0.25, -0.2) is 0 Å². The van der Waals surface area contributed by atoms with Gasteiger partial charge in [-0.3, -0.25) is 95.1 Å². The van der Waals surface area contributed by atoms with Gasteiger partial charge >= 0.3 is 6.18 Å². The van der Waals surface area contributed by atoms with E-state index in [1.165, 1.54) is 85.8 Å². The predicted molar refractivity (Wildman–Crippen MR) is 458 cm³/mol. The van der Waals surface area contributed by atoms with Crippen molar-refractivity contribution in [2.45, 2.75) is 102 Å². The molecule has 0 atom stereocenters. The number of aromatic nitrogens is 16. The van der Waals surface area contributed by atoms with Crippen LogP contribution in [-0.2, 0) is 88.2 Å². The number of aliphatic imine (C=N–C) groups is 1. The number of alkyl halides is 3. The second-order valence-corrected chi connectivity index (χ2v) is 27.5. The Morgan fingerprint density at radius 1 is 0.476 bits per heavy atom. The Morgan fingerprint density at radius 2 is 0.794 bits per heavy atom. The molecule has 126 heavy (non-hydrogen) atoms. The van der Waals surface area contributed by atoms with E-state index >= 15 is 0 Å². The number of nitrogens with one attached hydrogen (secondary N) is 1. The van der Waals surface area contributed by atoms with E-state index < -0.39 is 47.3 Å². The molecule has 13 N–H and O–H groups in total. The molecule has 0 unspecified atom stereocenters. The number of amidine groups is 1. The number of hydrogen-bond donors (Lipinski definition) is 7. The van der Waals surface area contributed by atoms with Crippen LogP contribution in [0.3, 0.4) is 0 Å². The molecule has 0 spiro atoms. The lowest BCUT2D eigenvalue weighted by molar-refractivity contribution is -0.142. The molecule has 1 fully saturated rings. The number of rotatable bonds is 12. The molecule has 5 aliphatic rings. The van der Waals surface area contributed by atoms with Crippen LogP contribution in [0.1, 0.15) is 234 Å². The maximum atomic E-state index is 12.6. The van der Waals surface area contributed by atoms with E-state index in [-0.39, 0.29) is 138 Å². The molecule has 1 aliphatic carbocycles. The van der Waals surface area contributed by atoms with Crippen molar-refractivity contribution < 1.29 is 75.5 Å². The number of primary amides is 5. The summed E-state index contributed by atoms with van der Waals surface area (Å²) in [4.78, 5) is 166. The van der Waals surface area contributed by atoms with Crippen LogP contribution in [0.5, 0.6) is 0 Å². The van der Waals surface area contributed by atoms with Crippen LogP contribution in [0, 0.1) is 18.0 Å². The van der Waals surface area contributed by atoms with Crippen molar-refractivity contribution in [2.75, 3.05) is 96.2 Å². The summed E-state index contributed by atoms with van der Waals surface area (Å²) >= 11 is 0. The Bertz CT molecular complexity index is 5450. The summed E-state index contributed by atoms with van der Waals surface area (Å²) in [5.41, 5.74) is 36.4. The predicted octanol–water partition coefficient (Wildman–Crippen LogP) is 1.33. The van der Waals surface area contributed by atoms with Gasteiger partial charge in [0, 0.05) is 198 Å². The van der Waals surface area contributed by atoms with Gasteiger partial charge in [0.15, 0.2) is 40.0 Å². The standard InChI is InChI=1S/C10H12N6O.C10H14N4O2.C9H10F3N3O.C9H12N4O2.C9H14N4O2.C9H10N4O.C8H12N4O2.C7H10N4O2.6CH4/c1-15-4-3-6-7(9(12)13-5-11)14-16(2)8(6)10(15)17;1-13(6-3-4-6)10(16)8-5-7(9(11)15)12-14(8)2;1-14-4-3-5-6(8(14)16)15(2)13-7(5)9(10,11)12;1-12-4-3-5-6(8(10)14)11-13(2)7(5)9(12)15;1-4-12(2)9(15)7-5-6(8(10)14)11-13(7)3;1-10-8-6-4-5-12(2)9(14)7(6)13(3)11-8;1-11(2)8(14)6-4-5(7(9)13)10-12(6)3;1-9-7(13)5-3-4(6(8)12)10-11(5)2;;;;;;/h3-4H2,1-2H3,(H2,12,13);5-6H,3-4H2,1-2H3,(H2,11,15);3-4H2,1-2H3;3-4H2,1-2H3,(H2,10,14);5H,4H2,1-3H3,(H2,10,14);4-5H2,2-3H3;4H,1-3H3,(H2,9,13);3H,1-2H3,(H2,8,12)(H,9,13);6*1H4. The molecule has 49 heteroatoms. The van der Waals surface area contributed by atoms with Gasteiger partial charge in [0.2, 0.25) is 6.19 Å². The van der Waals surface area contributed by atoms with Crippen LogP contribution in [0.4, 0.5) is 19.0 Å². The quantitative estimate of drug-likeness (QED) is 0.0392. The van der Waals surface area contributed by atoms with E-state index in [2.05, 4.69) is 55.9 Å². The average molecular weight is 1770 g/mol. The Balaban J connectivity index is 0.00000141. The lowest BCUT2D eigenvalue weighted by Gasteiger charge is -2.23. The Morgan fingerprint density at radius 3 is 1.13 bits per heavy atom. The highest BCUT2D eigenvalue weighted by atomic mass is 19.4. The number of nitriles is 1. The van der Waals surface area contributed by atoms with Crippen molar-refractivity contribution in [2.24, 2.45) is 95.8 Å². The molecule has 0 saturated heterocycles. The third kappa shape index (κ3) is 25.6. The number of carbonyl (C=O) groups is 13. The molecule has 8 aromatic rings. The summed E-state index contributed by atoms with van der Waals surface area (Å²) in [6.07, 6.45) is 1.43. The maximum Gasteiger partial charge on any atom is 0.435 e. The van der Waals surface area contributed by atoms with Crippen LogP contribution >= 0.6 is 0 Å². The lowest BCUT2D eigenvalue weighted by atomic mass is 10.0. The fourth-order valence-corrected chi connectivity index (χ4v) is 12.0. The minimum absolute atomic E-state index is 0. The highest BCUT2D eigenvalue weighted by Crippen LogP contribution is 2.35. The van der Waals surface area contributed by atoms with Gasteiger partial charge in [0.05, 0.1) is 7.05 Å². The molecule has 12 heterocycles. The third-order valence-corrected chi connectivity index (χ3v) is 18.9.